The lowest BCUT2D eigenvalue weighted by molar-refractivity contribution is 0.309. The van der Waals surface area contributed by atoms with Crippen LogP contribution in [-0.4, -0.2) is 62.1 Å². The Morgan fingerprint density at radius 3 is 2.92 bits per heavy atom. The van der Waals surface area contributed by atoms with Crippen LogP contribution in [0.2, 0.25) is 0 Å². The molecule has 0 saturated carbocycles. The number of nitrogens with zero attached hydrogens (tertiary/aromatic N) is 6. The predicted molar refractivity (Wildman–Crippen MR) is 89.4 cm³/mol. The molecule has 1 unspecified atom stereocenters. The second kappa shape index (κ2) is 5.60. The average molecular weight is 367 g/mol. The van der Waals surface area contributed by atoms with Crippen molar-refractivity contribution in [1.82, 2.24) is 34.3 Å². The van der Waals surface area contributed by atoms with Gasteiger partial charge >= 0.3 is 0 Å². The van der Waals surface area contributed by atoms with Crippen LogP contribution in [0.1, 0.15) is 30.3 Å². The summed E-state index contributed by atoms with van der Waals surface area (Å²) < 4.78 is 26.9. The summed E-state index contributed by atoms with van der Waals surface area (Å²) in [5.74, 6) is 0.715. The molecular formula is C13H17N7O2S2. The Kier molecular flexibility index (Phi) is 3.66. The molecule has 3 aromatic rings. The minimum absolute atomic E-state index is 0.000606. The molecule has 3 aromatic heterocycles. The van der Waals surface area contributed by atoms with Gasteiger partial charge in [-0.2, -0.15) is 14.7 Å². The highest BCUT2D eigenvalue weighted by atomic mass is 32.2. The minimum atomic E-state index is -3.19. The summed E-state index contributed by atoms with van der Waals surface area (Å²) in [5.41, 5.74) is 1.74. The molecule has 0 aromatic carbocycles. The summed E-state index contributed by atoms with van der Waals surface area (Å²) >= 11 is 1.42. The zero-order chi connectivity index (χ0) is 16.9. The summed E-state index contributed by atoms with van der Waals surface area (Å²) in [6, 6.07) is 1.93. The van der Waals surface area contributed by atoms with E-state index in [4.69, 9.17) is 0 Å². The normalized spacial score (nSPS) is 20.0. The Morgan fingerprint density at radius 2 is 2.21 bits per heavy atom. The predicted octanol–water partition coefficient (Wildman–Crippen LogP) is 1.02. The van der Waals surface area contributed by atoms with Crippen molar-refractivity contribution in [3.8, 4) is 10.7 Å². The summed E-state index contributed by atoms with van der Waals surface area (Å²) in [6.07, 6.45) is 2.93. The van der Waals surface area contributed by atoms with E-state index in [9.17, 15) is 8.42 Å². The molecule has 128 valence electrons. The van der Waals surface area contributed by atoms with Gasteiger partial charge in [0.15, 0.2) is 10.8 Å². The summed E-state index contributed by atoms with van der Waals surface area (Å²) in [7, 11) is -3.19. The van der Waals surface area contributed by atoms with Gasteiger partial charge in [-0.3, -0.25) is 5.10 Å². The van der Waals surface area contributed by atoms with Crippen LogP contribution in [0, 0.1) is 6.92 Å². The van der Waals surface area contributed by atoms with Crippen molar-refractivity contribution in [2.75, 3.05) is 19.3 Å². The van der Waals surface area contributed by atoms with Gasteiger partial charge in [-0.1, -0.05) is 11.3 Å². The standard InChI is InChI=1S/C13H17N7O2S2/c1-8-6-10(15-14-8)12-18-20-11(16-17-13(20)23-12)9-4-3-5-19(7-9)24(2,21)22/h6,9H,3-5,7H2,1-2H3,(H,14,15). The third-order valence-electron chi connectivity index (χ3n) is 4.16. The lowest BCUT2D eigenvalue weighted by atomic mass is 9.99. The van der Waals surface area contributed by atoms with E-state index >= 15 is 0 Å². The topological polar surface area (TPSA) is 109 Å². The van der Waals surface area contributed by atoms with Gasteiger partial charge in [-0.25, -0.2) is 12.7 Å². The van der Waals surface area contributed by atoms with Crippen LogP contribution in [-0.2, 0) is 10.0 Å². The molecule has 1 aliphatic heterocycles. The zero-order valence-corrected chi connectivity index (χ0v) is 14.9. The molecule has 0 bridgehead atoms. The third-order valence-corrected chi connectivity index (χ3v) is 6.35. The molecule has 11 heteroatoms. The maximum absolute atomic E-state index is 11.8. The number of aromatic amines is 1. The molecule has 9 nitrogen and oxygen atoms in total. The number of hydrogen-bond acceptors (Lipinski definition) is 7. The fraction of sp³-hybridized carbons (Fsp3) is 0.538. The number of fused-ring (bicyclic) bond motifs is 1. The van der Waals surface area contributed by atoms with Gasteiger partial charge in [-0.15, -0.1) is 10.2 Å². The first-order chi connectivity index (χ1) is 11.4. The maximum atomic E-state index is 11.8. The van der Waals surface area contributed by atoms with Crippen LogP contribution in [0.15, 0.2) is 6.07 Å². The number of nitrogens with one attached hydrogen (secondary N) is 1. The van der Waals surface area contributed by atoms with Gasteiger partial charge < -0.3 is 0 Å². The zero-order valence-electron chi connectivity index (χ0n) is 13.3. The van der Waals surface area contributed by atoms with Gasteiger partial charge in [0, 0.05) is 24.7 Å². The quantitative estimate of drug-likeness (QED) is 0.740. The fourth-order valence-corrected chi connectivity index (χ4v) is 4.69. The van der Waals surface area contributed by atoms with Crippen LogP contribution in [0.5, 0.6) is 0 Å². The molecule has 0 spiro atoms. The van der Waals surface area contributed by atoms with E-state index in [1.54, 1.807) is 4.52 Å². The van der Waals surface area contributed by atoms with E-state index in [0.717, 1.165) is 29.2 Å². The molecule has 4 rings (SSSR count). The van der Waals surface area contributed by atoms with Crippen molar-refractivity contribution < 1.29 is 8.42 Å². The monoisotopic (exact) mass is 367 g/mol. The molecule has 24 heavy (non-hydrogen) atoms. The highest BCUT2D eigenvalue weighted by Crippen LogP contribution is 2.30. The van der Waals surface area contributed by atoms with Gasteiger partial charge in [0.2, 0.25) is 15.0 Å². The first kappa shape index (κ1) is 15.7. The van der Waals surface area contributed by atoms with Crippen molar-refractivity contribution in [2.45, 2.75) is 25.7 Å². The van der Waals surface area contributed by atoms with E-state index in [0.29, 0.717) is 23.9 Å². The van der Waals surface area contributed by atoms with Crippen LogP contribution >= 0.6 is 11.3 Å². The first-order valence-electron chi connectivity index (χ1n) is 7.61. The van der Waals surface area contributed by atoms with E-state index < -0.39 is 10.0 Å². The van der Waals surface area contributed by atoms with Crippen LogP contribution < -0.4 is 0 Å². The van der Waals surface area contributed by atoms with E-state index in [2.05, 4.69) is 25.5 Å². The molecule has 1 atom stereocenters. The lowest BCUT2D eigenvalue weighted by Gasteiger charge is -2.29. The van der Waals surface area contributed by atoms with Crippen molar-refractivity contribution in [3.05, 3.63) is 17.6 Å². The molecule has 0 aliphatic carbocycles. The summed E-state index contributed by atoms with van der Waals surface area (Å²) in [6.45, 7) is 2.92. The van der Waals surface area contributed by atoms with Crippen LogP contribution in [0.4, 0.5) is 0 Å². The van der Waals surface area contributed by atoms with Crippen molar-refractivity contribution in [3.63, 3.8) is 0 Å². The Bertz CT molecular complexity index is 987. The lowest BCUT2D eigenvalue weighted by Crippen LogP contribution is -2.38. The van der Waals surface area contributed by atoms with Gasteiger partial charge in [0.05, 0.1) is 6.26 Å². The number of aryl methyl sites for hydroxylation is 1. The van der Waals surface area contributed by atoms with E-state index in [1.807, 2.05) is 13.0 Å². The van der Waals surface area contributed by atoms with Crippen molar-refractivity contribution in [1.29, 1.82) is 0 Å². The fourth-order valence-electron chi connectivity index (χ4n) is 2.97. The van der Waals surface area contributed by atoms with E-state index in [1.165, 1.54) is 21.9 Å². The molecule has 1 fully saturated rings. The van der Waals surface area contributed by atoms with Gasteiger partial charge in [0.25, 0.3) is 0 Å². The molecule has 4 heterocycles. The van der Waals surface area contributed by atoms with Crippen LogP contribution in [0.25, 0.3) is 15.7 Å². The van der Waals surface area contributed by atoms with Crippen molar-refractivity contribution >= 4 is 26.3 Å². The molecule has 0 amide bonds. The number of aromatic nitrogens is 6. The maximum Gasteiger partial charge on any atom is 0.235 e. The summed E-state index contributed by atoms with van der Waals surface area (Å²) in [5, 5.41) is 20.9. The highest BCUT2D eigenvalue weighted by molar-refractivity contribution is 7.88. The Labute approximate surface area is 142 Å². The Morgan fingerprint density at radius 1 is 1.38 bits per heavy atom. The Hall–Kier alpha value is -1.85. The minimum Gasteiger partial charge on any atom is -0.282 e. The number of H-pyrrole nitrogens is 1. The number of piperidine rings is 1. The molecule has 1 saturated heterocycles. The van der Waals surface area contributed by atoms with E-state index in [-0.39, 0.29) is 5.92 Å². The van der Waals surface area contributed by atoms with Crippen molar-refractivity contribution in [2.24, 2.45) is 0 Å². The van der Waals surface area contributed by atoms with Gasteiger partial charge in [-0.05, 0) is 25.8 Å². The number of sulfonamides is 1. The molecule has 0 radical (unpaired) electrons. The second-order valence-electron chi connectivity index (χ2n) is 6.06. The molecule has 1 N–H and O–H groups in total. The average Bonchev–Trinajstić information content (AvgIpc) is 3.21. The number of hydrogen-bond donors (Lipinski definition) is 1. The molecule has 1 aliphatic rings. The SMILES string of the molecule is Cc1cc(-c2nn3c(C4CCCN(S(C)(=O)=O)C4)nnc3s2)n[nH]1. The smallest absolute Gasteiger partial charge is 0.235 e. The second-order valence-corrected chi connectivity index (χ2v) is 8.99. The molecular weight excluding hydrogens is 350 g/mol. The number of rotatable bonds is 3. The first-order valence-corrected chi connectivity index (χ1v) is 10.3. The Balaban J connectivity index is 1.68. The van der Waals surface area contributed by atoms with Gasteiger partial charge in [0.1, 0.15) is 5.69 Å². The summed E-state index contributed by atoms with van der Waals surface area (Å²) in [4.78, 5) is 0.692. The highest BCUT2D eigenvalue weighted by Gasteiger charge is 2.30. The third kappa shape index (κ3) is 2.72. The largest absolute Gasteiger partial charge is 0.282 e. The van der Waals surface area contributed by atoms with Crippen LogP contribution in [0.3, 0.4) is 0 Å².